The molecule has 3 rings (SSSR count). The van der Waals surface area contributed by atoms with Crippen molar-refractivity contribution >= 4 is 5.78 Å². The monoisotopic (exact) mass is 238 g/mol. The van der Waals surface area contributed by atoms with Crippen molar-refractivity contribution in [1.29, 1.82) is 0 Å². The van der Waals surface area contributed by atoms with Crippen molar-refractivity contribution in [3.63, 3.8) is 0 Å². The van der Waals surface area contributed by atoms with E-state index in [1.807, 2.05) is 30.3 Å². The standard InChI is InChI=1S/C15H10O3/c16-15(11-6-2-1-3-7-11)14-10-17-12-8-4-5-9-13(12)18-14/h1-10H. The van der Waals surface area contributed by atoms with E-state index in [1.54, 1.807) is 24.3 Å². The lowest BCUT2D eigenvalue weighted by atomic mass is 10.1. The minimum atomic E-state index is -0.190. The first-order chi connectivity index (χ1) is 8.84. The Labute approximate surface area is 104 Å². The van der Waals surface area contributed by atoms with Crippen molar-refractivity contribution in [1.82, 2.24) is 0 Å². The summed E-state index contributed by atoms with van der Waals surface area (Å²) >= 11 is 0. The van der Waals surface area contributed by atoms with Gasteiger partial charge in [-0.1, -0.05) is 42.5 Å². The molecule has 0 N–H and O–H groups in total. The van der Waals surface area contributed by atoms with E-state index in [2.05, 4.69) is 0 Å². The van der Waals surface area contributed by atoms with Crippen LogP contribution in [0.15, 0.2) is 66.6 Å². The van der Waals surface area contributed by atoms with Crippen molar-refractivity contribution in [2.24, 2.45) is 0 Å². The lowest BCUT2D eigenvalue weighted by Crippen LogP contribution is -2.14. The van der Waals surface area contributed by atoms with Crippen molar-refractivity contribution < 1.29 is 14.3 Å². The summed E-state index contributed by atoms with van der Waals surface area (Å²) in [6.45, 7) is 0. The number of ketones is 1. The molecular formula is C15H10O3. The van der Waals surface area contributed by atoms with E-state index < -0.39 is 0 Å². The molecule has 88 valence electrons. The van der Waals surface area contributed by atoms with E-state index in [4.69, 9.17) is 9.47 Å². The zero-order chi connectivity index (χ0) is 12.4. The van der Waals surface area contributed by atoms with E-state index in [1.165, 1.54) is 6.26 Å². The molecule has 0 unspecified atom stereocenters. The van der Waals surface area contributed by atoms with Crippen molar-refractivity contribution in [2.75, 3.05) is 0 Å². The van der Waals surface area contributed by atoms with Crippen LogP contribution < -0.4 is 9.47 Å². The van der Waals surface area contributed by atoms with Crippen LogP contribution in [-0.2, 0) is 0 Å². The number of rotatable bonds is 2. The minimum Gasteiger partial charge on any atom is -0.457 e. The summed E-state index contributed by atoms with van der Waals surface area (Å²) in [5.74, 6) is 1.17. The lowest BCUT2D eigenvalue weighted by Gasteiger charge is -2.16. The summed E-state index contributed by atoms with van der Waals surface area (Å²) in [5.41, 5.74) is 0.576. The number of carbonyl (C=O) groups is 1. The topological polar surface area (TPSA) is 35.5 Å². The van der Waals surface area contributed by atoms with Crippen molar-refractivity contribution in [2.45, 2.75) is 0 Å². The van der Waals surface area contributed by atoms with Crippen molar-refractivity contribution in [3.05, 3.63) is 72.2 Å². The van der Waals surface area contributed by atoms with Gasteiger partial charge in [0.15, 0.2) is 11.5 Å². The first-order valence-electron chi connectivity index (χ1n) is 5.58. The van der Waals surface area contributed by atoms with Gasteiger partial charge in [0.1, 0.15) is 6.26 Å². The molecule has 1 aliphatic heterocycles. The largest absolute Gasteiger partial charge is 0.457 e. The van der Waals surface area contributed by atoms with E-state index >= 15 is 0 Å². The van der Waals surface area contributed by atoms with Gasteiger partial charge < -0.3 is 9.47 Å². The van der Waals surface area contributed by atoms with Gasteiger partial charge in [0.05, 0.1) is 0 Å². The minimum absolute atomic E-state index is 0.190. The van der Waals surface area contributed by atoms with Crippen LogP contribution in [0.3, 0.4) is 0 Å². The molecule has 0 aromatic heterocycles. The number of benzene rings is 2. The van der Waals surface area contributed by atoms with E-state index in [-0.39, 0.29) is 11.5 Å². The molecule has 0 aliphatic carbocycles. The van der Waals surface area contributed by atoms with E-state index in [0.717, 1.165) is 0 Å². The number of allylic oxidation sites excluding steroid dienone is 1. The number of fused-ring (bicyclic) bond motifs is 1. The van der Waals surface area contributed by atoms with Crippen LogP contribution in [0, 0.1) is 0 Å². The average molecular weight is 238 g/mol. The molecule has 0 fully saturated rings. The molecule has 0 amide bonds. The number of Topliss-reactive ketones (excluding diaryl/α,β-unsaturated/α-hetero) is 1. The van der Waals surface area contributed by atoms with Gasteiger partial charge in [0, 0.05) is 5.56 Å². The highest BCUT2D eigenvalue weighted by molar-refractivity contribution is 6.07. The Bertz CT molecular complexity index is 615. The Morgan fingerprint density at radius 1 is 0.833 bits per heavy atom. The Morgan fingerprint density at radius 2 is 1.50 bits per heavy atom. The Balaban J connectivity index is 1.88. The van der Waals surface area contributed by atoms with Gasteiger partial charge >= 0.3 is 0 Å². The van der Waals surface area contributed by atoms with Crippen LogP contribution in [0.25, 0.3) is 0 Å². The summed E-state index contributed by atoms with van der Waals surface area (Å²) in [7, 11) is 0. The molecule has 0 radical (unpaired) electrons. The smallest absolute Gasteiger partial charge is 0.231 e. The van der Waals surface area contributed by atoms with Crippen LogP contribution >= 0.6 is 0 Å². The van der Waals surface area contributed by atoms with Gasteiger partial charge in [-0.05, 0) is 12.1 Å². The molecule has 0 bridgehead atoms. The van der Waals surface area contributed by atoms with Crippen LogP contribution in [0.4, 0.5) is 0 Å². The van der Waals surface area contributed by atoms with Crippen molar-refractivity contribution in [3.8, 4) is 11.5 Å². The molecular weight excluding hydrogens is 228 g/mol. The summed E-state index contributed by atoms with van der Waals surface area (Å²) in [4.78, 5) is 12.1. The number of para-hydroxylation sites is 2. The Hall–Kier alpha value is -2.55. The lowest BCUT2D eigenvalue weighted by molar-refractivity contribution is 0.0973. The Morgan fingerprint density at radius 3 is 2.28 bits per heavy atom. The van der Waals surface area contributed by atoms with Crippen LogP contribution in [0.5, 0.6) is 11.5 Å². The average Bonchev–Trinajstić information content (AvgIpc) is 2.47. The third-order valence-corrected chi connectivity index (χ3v) is 2.62. The summed E-state index contributed by atoms with van der Waals surface area (Å²) in [6, 6.07) is 16.2. The molecule has 1 heterocycles. The fourth-order valence-electron chi connectivity index (χ4n) is 1.72. The molecule has 3 nitrogen and oxygen atoms in total. The summed E-state index contributed by atoms with van der Waals surface area (Å²) < 4.78 is 10.9. The van der Waals surface area contributed by atoms with Gasteiger partial charge in [0.2, 0.25) is 11.5 Å². The van der Waals surface area contributed by atoms with Crippen LogP contribution in [0.1, 0.15) is 10.4 Å². The third kappa shape index (κ3) is 1.86. The maximum atomic E-state index is 12.1. The quantitative estimate of drug-likeness (QED) is 0.754. The maximum absolute atomic E-state index is 12.1. The zero-order valence-electron chi connectivity index (χ0n) is 9.50. The number of ether oxygens (including phenoxy) is 2. The van der Waals surface area contributed by atoms with Gasteiger partial charge in [-0.25, -0.2) is 0 Å². The Kier molecular flexibility index (Phi) is 2.57. The molecule has 1 aliphatic rings. The molecule has 2 aromatic carbocycles. The summed E-state index contributed by atoms with van der Waals surface area (Å²) in [6.07, 6.45) is 1.34. The van der Waals surface area contributed by atoms with Crippen LogP contribution in [-0.4, -0.2) is 5.78 Å². The van der Waals surface area contributed by atoms with E-state index in [9.17, 15) is 4.79 Å². The molecule has 0 atom stereocenters. The normalized spacial score (nSPS) is 12.8. The second kappa shape index (κ2) is 4.37. The second-order valence-electron chi connectivity index (χ2n) is 3.84. The molecule has 0 saturated heterocycles. The van der Waals surface area contributed by atoms with Gasteiger partial charge in [-0.15, -0.1) is 0 Å². The highest BCUT2D eigenvalue weighted by Crippen LogP contribution is 2.32. The number of carbonyl (C=O) groups excluding carboxylic acids is 1. The predicted molar refractivity (Wildman–Crippen MR) is 66.6 cm³/mol. The highest BCUT2D eigenvalue weighted by Gasteiger charge is 2.20. The van der Waals surface area contributed by atoms with E-state index in [0.29, 0.717) is 17.1 Å². The molecule has 0 saturated carbocycles. The predicted octanol–water partition coefficient (Wildman–Crippen LogP) is 3.18. The first kappa shape index (κ1) is 10.6. The zero-order valence-corrected chi connectivity index (χ0v) is 9.50. The van der Waals surface area contributed by atoms with Gasteiger partial charge in [0.25, 0.3) is 0 Å². The first-order valence-corrected chi connectivity index (χ1v) is 5.58. The molecule has 0 spiro atoms. The fraction of sp³-hybridized carbons (Fsp3) is 0. The third-order valence-electron chi connectivity index (χ3n) is 2.62. The number of hydrogen-bond donors (Lipinski definition) is 0. The fourth-order valence-corrected chi connectivity index (χ4v) is 1.72. The molecule has 18 heavy (non-hydrogen) atoms. The van der Waals surface area contributed by atoms with Crippen LogP contribution in [0.2, 0.25) is 0 Å². The second-order valence-corrected chi connectivity index (χ2v) is 3.84. The van der Waals surface area contributed by atoms with Gasteiger partial charge in [-0.3, -0.25) is 4.79 Å². The highest BCUT2D eigenvalue weighted by atomic mass is 16.6. The van der Waals surface area contributed by atoms with Gasteiger partial charge in [-0.2, -0.15) is 0 Å². The summed E-state index contributed by atoms with van der Waals surface area (Å²) in [5, 5.41) is 0. The number of hydrogen-bond acceptors (Lipinski definition) is 3. The maximum Gasteiger partial charge on any atom is 0.231 e. The SMILES string of the molecule is O=C(C1=COc2ccccc2O1)c1ccccc1. The molecule has 2 aromatic rings. The molecule has 3 heteroatoms.